The van der Waals surface area contributed by atoms with Gasteiger partial charge in [-0.1, -0.05) is 49.4 Å². The molecule has 0 aliphatic heterocycles. The molecule has 2 rings (SSSR count). The summed E-state index contributed by atoms with van der Waals surface area (Å²) in [5, 5.41) is 2.94. The second-order valence-electron chi connectivity index (χ2n) is 9.88. The largest absolute Gasteiger partial charge is 0.350 e. The summed E-state index contributed by atoms with van der Waals surface area (Å²) < 4.78 is 26.2. The fourth-order valence-corrected chi connectivity index (χ4v) is 4.70. The monoisotopic (exact) mass is 501 g/mol. The van der Waals surface area contributed by atoms with Gasteiger partial charge in [-0.15, -0.1) is 0 Å². The van der Waals surface area contributed by atoms with Gasteiger partial charge in [-0.05, 0) is 63.8 Å². The molecule has 2 aromatic carbocycles. The molecular formula is C27H39N3O4S. The van der Waals surface area contributed by atoms with Crippen molar-refractivity contribution in [3.63, 3.8) is 0 Å². The third kappa shape index (κ3) is 9.02. The zero-order valence-corrected chi connectivity index (χ0v) is 22.6. The van der Waals surface area contributed by atoms with Crippen molar-refractivity contribution in [3.8, 4) is 0 Å². The summed E-state index contributed by atoms with van der Waals surface area (Å²) in [5.41, 5.74) is 2.20. The molecule has 8 heteroatoms. The Labute approximate surface area is 210 Å². The highest BCUT2D eigenvalue weighted by Crippen LogP contribution is 2.20. The molecule has 0 heterocycles. The first kappa shape index (κ1) is 28.4. The number of anilines is 1. The predicted molar refractivity (Wildman–Crippen MR) is 142 cm³/mol. The zero-order valence-electron chi connectivity index (χ0n) is 21.7. The Kier molecular flexibility index (Phi) is 9.89. The number of nitrogens with zero attached hydrogens (tertiary/aromatic N) is 2. The minimum Gasteiger partial charge on any atom is -0.350 e. The molecule has 0 aliphatic rings. The summed E-state index contributed by atoms with van der Waals surface area (Å²) >= 11 is 0. The Bertz CT molecular complexity index is 1080. The van der Waals surface area contributed by atoms with Gasteiger partial charge < -0.3 is 10.2 Å². The van der Waals surface area contributed by atoms with Gasteiger partial charge >= 0.3 is 0 Å². The number of hydrogen-bond acceptors (Lipinski definition) is 4. The van der Waals surface area contributed by atoms with Gasteiger partial charge in [0.1, 0.15) is 6.04 Å². The number of nitrogens with one attached hydrogen (secondary N) is 1. The number of amides is 2. The number of aryl methyl sites for hydroxylation is 1. The smallest absolute Gasteiger partial charge is 0.242 e. The lowest BCUT2D eigenvalue weighted by atomic mass is 10.1. The predicted octanol–water partition coefficient (Wildman–Crippen LogP) is 4.13. The van der Waals surface area contributed by atoms with Gasteiger partial charge in [-0.2, -0.15) is 0 Å². The fraction of sp³-hybridized carbons (Fsp3) is 0.481. The average Bonchev–Trinajstić information content (AvgIpc) is 2.78. The van der Waals surface area contributed by atoms with Gasteiger partial charge in [0.2, 0.25) is 21.8 Å². The second kappa shape index (κ2) is 12.2. The van der Waals surface area contributed by atoms with Crippen molar-refractivity contribution in [3.05, 3.63) is 65.7 Å². The third-order valence-corrected chi connectivity index (χ3v) is 6.84. The Balaban J connectivity index is 2.15. The van der Waals surface area contributed by atoms with Crippen LogP contribution < -0.4 is 9.62 Å². The van der Waals surface area contributed by atoms with Crippen molar-refractivity contribution in [2.75, 3.05) is 17.1 Å². The zero-order chi connectivity index (χ0) is 26.2. The standard InChI is InChI=1S/C27H39N3O4S/c1-7-22-15-17-24(18-16-22)30(35(6,33)34)19-11-14-25(31)29(20-23-12-9-8-10-13-23)21(2)26(32)28-27(3,4)5/h8-10,12-13,15-18,21H,7,11,14,19-20H2,1-6H3,(H,28,32)/t21-/m1/s1. The van der Waals surface area contributed by atoms with E-state index < -0.39 is 21.6 Å². The molecule has 2 aromatic rings. The minimum atomic E-state index is -3.51. The molecule has 0 fully saturated rings. The molecular weight excluding hydrogens is 462 g/mol. The van der Waals surface area contributed by atoms with Crippen LogP contribution in [0, 0.1) is 0 Å². The first-order chi connectivity index (χ1) is 16.3. The summed E-state index contributed by atoms with van der Waals surface area (Å²) in [5.74, 6) is -0.421. The van der Waals surface area contributed by atoms with E-state index >= 15 is 0 Å². The van der Waals surface area contributed by atoms with Crippen molar-refractivity contribution in [1.82, 2.24) is 10.2 Å². The number of carbonyl (C=O) groups is 2. The summed E-state index contributed by atoms with van der Waals surface area (Å²) in [4.78, 5) is 27.7. The lowest BCUT2D eigenvalue weighted by molar-refractivity contribution is -0.141. The van der Waals surface area contributed by atoms with E-state index in [1.165, 1.54) is 10.6 Å². The Morgan fingerprint density at radius 3 is 2.09 bits per heavy atom. The van der Waals surface area contributed by atoms with Crippen molar-refractivity contribution in [2.45, 2.75) is 72.0 Å². The Hall–Kier alpha value is -2.87. The topological polar surface area (TPSA) is 86.8 Å². The van der Waals surface area contributed by atoms with E-state index in [1.54, 1.807) is 24.0 Å². The lowest BCUT2D eigenvalue weighted by Crippen LogP contribution is -2.52. The summed E-state index contributed by atoms with van der Waals surface area (Å²) in [6, 6.07) is 16.3. The van der Waals surface area contributed by atoms with Crippen LogP contribution in [-0.4, -0.2) is 49.5 Å². The number of hydrogen-bond donors (Lipinski definition) is 1. The van der Waals surface area contributed by atoms with E-state index in [2.05, 4.69) is 5.32 Å². The number of benzene rings is 2. The van der Waals surface area contributed by atoms with E-state index in [0.29, 0.717) is 18.7 Å². The van der Waals surface area contributed by atoms with Gasteiger partial charge in [0.15, 0.2) is 0 Å². The normalized spacial score (nSPS) is 12.6. The Morgan fingerprint density at radius 1 is 0.971 bits per heavy atom. The molecule has 1 atom stereocenters. The van der Waals surface area contributed by atoms with Gasteiger partial charge in [0.25, 0.3) is 0 Å². The van der Waals surface area contributed by atoms with Crippen molar-refractivity contribution in [1.29, 1.82) is 0 Å². The van der Waals surface area contributed by atoms with Crippen molar-refractivity contribution >= 4 is 27.5 Å². The van der Waals surface area contributed by atoms with Crippen LogP contribution in [-0.2, 0) is 32.6 Å². The van der Waals surface area contributed by atoms with Crippen LogP contribution in [0.3, 0.4) is 0 Å². The molecule has 0 saturated carbocycles. The first-order valence-electron chi connectivity index (χ1n) is 12.0. The van der Waals surface area contributed by atoms with Crippen molar-refractivity contribution < 1.29 is 18.0 Å². The molecule has 0 aliphatic carbocycles. The molecule has 35 heavy (non-hydrogen) atoms. The Morgan fingerprint density at radius 2 is 1.57 bits per heavy atom. The van der Waals surface area contributed by atoms with Gasteiger partial charge in [0.05, 0.1) is 11.9 Å². The SMILES string of the molecule is CCc1ccc(N(CCCC(=O)N(Cc2ccccc2)[C@H](C)C(=O)NC(C)(C)C)S(C)(=O)=O)cc1. The van der Waals surface area contributed by atoms with Crippen LogP contribution in [0.15, 0.2) is 54.6 Å². The molecule has 0 saturated heterocycles. The van der Waals surface area contributed by atoms with Gasteiger partial charge in [0, 0.05) is 25.0 Å². The molecule has 192 valence electrons. The molecule has 0 radical (unpaired) electrons. The number of carbonyl (C=O) groups excluding carboxylic acids is 2. The van der Waals surface area contributed by atoms with Crippen LogP contribution in [0.4, 0.5) is 5.69 Å². The first-order valence-corrected chi connectivity index (χ1v) is 13.9. The fourth-order valence-electron chi connectivity index (χ4n) is 3.74. The molecule has 7 nitrogen and oxygen atoms in total. The van der Waals surface area contributed by atoms with Crippen LogP contribution >= 0.6 is 0 Å². The maximum Gasteiger partial charge on any atom is 0.242 e. The van der Waals surface area contributed by atoms with Crippen LogP contribution in [0.1, 0.15) is 58.6 Å². The minimum absolute atomic E-state index is 0.124. The van der Waals surface area contributed by atoms with Crippen LogP contribution in [0.25, 0.3) is 0 Å². The quantitative estimate of drug-likeness (QED) is 0.502. The number of rotatable bonds is 11. The lowest BCUT2D eigenvalue weighted by Gasteiger charge is -2.32. The summed E-state index contributed by atoms with van der Waals surface area (Å²) in [6.07, 6.45) is 2.49. The van der Waals surface area contributed by atoms with Gasteiger partial charge in [-0.3, -0.25) is 13.9 Å². The molecule has 0 spiro atoms. The summed E-state index contributed by atoms with van der Waals surface area (Å²) in [6.45, 7) is 9.93. The van der Waals surface area contributed by atoms with E-state index in [1.807, 2.05) is 70.2 Å². The van der Waals surface area contributed by atoms with Gasteiger partial charge in [-0.25, -0.2) is 8.42 Å². The highest BCUT2D eigenvalue weighted by molar-refractivity contribution is 7.92. The van der Waals surface area contributed by atoms with Crippen LogP contribution in [0.5, 0.6) is 0 Å². The van der Waals surface area contributed by atoms with Crippen LogP contribution in [0.2, 0.25) is 0 Å². The van der Waals surface area contributed by atoms with Crippen molar-refractivity contribution in [2.24, 2.45) is 0 Å². The maximum atomic E-state index is 13.3. The second-order valence-corrected chi connectivity index (χ2v) is 11.8. The highest BCUT2D eigenvalue weighted by atomic mass is 32.2. The number of sulfonamides is 1. The molecule has 2 amide bonds. The van der Waals surface area contributed by atoms with E-state index in [0.717, 1.165) is 17.5 Å². The maximum absolute atomic E-state index is 13.3. The van der Waals surface area contributed by atoms with E-state index in [4.69, 9.17) is 0 Å². The van der Waals surface area contributed by atoms with E-state index in [9.17, 15) is 18.0 Å². The summed E-state index contributed by atoms with van der Waals surface area (Å²) in [7, 11) is -3.51. The molecule has 1 N–H and O–H groups in total. The third-order valence-electron chi connectivity index (χ3n) is 5.65. The molecule has 0 aromatic heterocycles. The highest BCUT2D eigenvalue weighted by Gasteiger charge is 2.28. The molecule has 0 bridgehead atoms. The van der Waals surface area contributed by atoms with E-state index in [-0.39, 0.29) is 24.8 Å². The average molecular weight is 502 g/mol. The molecule has 0 unspecified atom stereocenters.